The van der Waals surface area contributed by atoms with Crippen molar-refractivity contribution in [3.05, 3.63) is 59.9 Å². The highest BCUT2D eigenvalue weighted by Crippen LogP contribution is 2.58. The number of alkyl halides is 3. The molecule has 1 N–H and O–H groups in total. The first-order valence-corrected chi connectivity index (χ1v) is 12.2. The number of halogens is 4. The molecule has 3 aliphatic rings. The van der Waals surface area contributed by atoms with Crippen LogP contribution in [-0.2, 0) is 23.9 Å². The van der Waals surface area contributed by atoms with E-state index in [4.69, 9.17) is 14.6 Å². The zero-order valence-corrected chi connectivity index (χ0v) is 21.1. The number of esters is 1. The molecular formula is C27H26F4N2O6. The van der Waals surface area contributed by atoms with Crippen molar-refractivity contribution in [3.8, 4) is 11.1 Å². The van der Waals surface area contributed by atoms with Gasteiger partial charge in [0.05, 0.1) is 18.9 Å². The molecule has 2 aromatic rings. The smallest absolute Gasteiger partial charge is 0.475 e. The quantitative estimate of drug-likeness (QED) is 0.352. The zero-order valence-electron chi connectivity index (χ0n) is 21.1. The number of nitrogens with zero attached hydrogens (tertiary/aromatic N) is 2. The van der Waals surface area contributed by atoms with E-state index in [1.165, 1.54) is 31.2 Å². The van der Waals surface area contributed by atoms with Crippen molar-refractivity contribution in [1.29, 1.82) is 0 Å². The number of aliphatic carboxylic acids is 1. The van der Waals surface area contributed by atoms with Gasteiger partial charge in [-0.15, -0.1) is 0 Å². The van der Waals surface area contributed by atoms with Crippen LogP contribution in [0.4, 0.5) is 17.6 Å². The van der Waals surface area contributed by atoms with Crippen LogP contribution in [0, 0.1) is 17.7 Å². The number of benzene rings is 2. The van der Waals surface area contributed by atoms with Crippen molar-refractivity contribution in [2.45, 2.75) is 37.0 Å². The minimum Gasteiger partial charge on any atom is -0.475 e. The van der Waals surface area contributed by atoms with Crippen LogP contribution in [0.1, 0.15) is 30.9 Å². The molecule has 4 atom stereocenters. The lowest BCUT2D eigenvalue weighted by Crippen LogP contribution is -2.59. The summed E-state index contributed by atoms with van der Waals surface area (Å²) < 4.78 is 50.2. The van der Waals surface area contributed by atoms with Crippen LogP contribution >= 0.6 is 0 Å². The summed E-state index contributed by atoms with van der Waals surface area (Å²) in [6.45, 7) is 0.622. The summed E-state index contributed by atoms with van der Waals surface area (Å²) in [6.07, 6.45) is -2.89. The normalized spacial score (nSPS) is 26.4. The Morgan fingerprint density at radius 3 is 2.03 bits per heavy atom. The van der Waals surface area contributed by atoms with Crippen molar-refractivity contribution in [2.24, 2.45) is 11.8 Å². The maximum atomic E-state index is 13.3. The van der Waals surface area contributed by atoms with Gasteiger partial charge in [0.1, 0.15) is 11.4 Å². The fraction of sp³-hybridized carbons (Fsp3) is 0.407. The predicted molar refractivity (Wildman–Crippen MR) is 128 cm³/mol. The van der Waals surface area contributed by atoms with Crippen LogP contribution < -0.4 is 0 Å². The summed E-state index contributed by atoms with van der Waals surface area (Å²) >= 11 is 0. The first-order chi connectivity index (χ1) is 18.3. The molecule has 0 saturated carbocycles. The number of fused-ring (bicyclic) bond motifs is 3. The second-order valence-electron chi connectivity index (χ2n) is 9.68. The van der Waals surface area contributed by atoms with E-state index in [9.17, 15) is 31.9 Å². The second kappa shape index (κ2) is 10.4. The number of hydrogen-bond acceptors (Lipinski definition) is 6. The van der Waals surface area contributed by atoms with E-state index in [1.54, 1.807) is 12.1 Å². The van der Waals surface area contributed by atoms with Crippen molar-refractivity contribution in [2.75, 3.05) is 20.7 Å². The molecule has 12 heteroatoms. The average molecular weight is 551 g/mol. The van der Waals surface area contributed by atoms with Crippen LogP contribution in [-0.4, -0.2) is 71.1 Å². The summed E-state index contributed by atoms with van der Waals surface area (Å²) in [5, 5.41) is 7.12. The fourth-order valence-corrected chi connectivity index (χ4v) is 6.02. The van der Waals surface area contributed by atoms with Crippen LogP contribution in [0.25, 0.3) is 11.1 Å². The van der Waals surface area contributed by atoms with Gasteiger partial charge in [-0.1, -0.05) is 36.4 Å². The molecule has 208 valence electrons. The van der Waals surface area contributed by atoms with Crippen molar-refractivity contribution in [3.63, 3.8) is 0 Å². The van der Waals surface area contributed by atoms with E-state index in [0.29, 0.717) is 13.0 Å². The highest BCUT2D eigenvalue weighted by molar-refractivity contribution is 6.09. The summed E-state index contributed by atoms with van der Waals surface area (Å²) in [5.41, 5.74) is 1.58. The largest absolute Gasteiger partial charge is 0.490 e. The van der Waals surface area contributed by atoms with Gasteiger partial charge in [-0.25, -0.2) is 9.18 Å². The number of carboxylic acid groups (broad SMARTS) is 1. The molecule has 0 unspecified atom stereocenters. The monoisotopic (exact) mass is 550 g/mol. The number of carboxylic acids is 1. The minimum atomic E-state index is -5.08. The molecule has 0 spiro atoms. The Bertz CT molecular complexity index is 1280. The van der Waals surface area contributed by atoms with Gasteiger partial charge in [0, 0.05) is 13.1 Å². The highest BCUT2D eigenvalue weighted by atomic mass is 19.4. The molecule has 0 aliphatic carbocycles. The third-order valence-electron chi connectivity index (χ3n) is 7.69. The molecular weight excluding hydrogens is 524 g/mol. The number of hydrogen-bond donors (Lipinski definition) is 1. The van der Waals surface area contributed by atoms with E-state index < -0.39 is 35.5 Å². The number of carbonyl (C=O) groups is 4. The maximum Gasteiger partial charge on any atom is 0.490 e. The SMILES string of the molecule is COC(=O)[C@@]12CCCCN1[C@H](c1ccc(-c3ccc(F)cc3)cc1)[C@H]1C(=O)N(C)C(=O)[C@H]12.O=C(O)C(F)(F)F. The Labute approximate surface area is 221 Å². The number of piperidine rings is 1. The van der Waals surface area contributed by atoms with Crippen LogP contribution in [0.3, 0.4) is 0 Å². The van der Waals surface area contributed by atoms with Crippen LogP contribution in [0.5, 0.6) is 0 Å². The number of rotatable bonds is 3. The Morgan fingerprint density at radius 1 is 0.974 bits per heavy atom. The number of ether oxygens (including phenoxy) is 1. The first-order valence-electron chi connectivity index (χ1n) is 12.2. The Hall–Kier alpha value is -3.80. The molecule has 3 aliphatic heterocycles. The molecule has 5 rings (SSSR count). The Morgan fingerprint density at radius 2 is 1.51 bits per heavy atom. The molecule has 2 amide bonds. The molecule has 3 saturated heterocycles. The molecule has 8 nitrogen and oxygen atoms in total. The first kappa shape index (κ1) is 28.2. The lowest BCUT2D eigenvalue weighted by atomic mass is 9.75. The fourth-order valence-electron chi connectivity index (χ4n) is 6.02. The number of likely N-dealkylation sites (tertiary alicyclic amines) is 1. The summed E-state index contributed by atoms with van der Waals surface area (Å²) in [6, 6.07) is 13.6. The van der Waals surface area contributed by atoms with Gasteiger partial charge < -0.3 is 9.84 Å². The van der Waals surface area contributed by atoms with Gasteiger partial charge in [-0.3, -0.25) is 24.2 Å². The van der Waals surface area contributed by atoms with Gasteiger partial charge in [0.2, 0.25) is 11.8 Å². The van der Waals surface area contributed by atoms with E-state index in [2.05, 4.69) is 0 Å². The molecule has 3 fully saturated rings. The highest BCUT2D eigenvalue weighted by Gasteiger charge is 2.72. The van der Waals surface area contributed by atoms with Gasteiger partial charge in [0.15, 0.2) is 0 Å². The number of methoxy groups -OCH3 is 1. The van der Waals surface area contributed by atoms with Gasteiger partial charge >= 0.3 is 18.1 Å². The number of imide groups is 1. The van der Waals surface area contributed by atoms with Gasteiger partial charge in [-0.2, -0.15) is 13.2 Å². The lowest BCUT2D eigenvalue weighted by Gasteiger charge is -2.44. The molecule has 0 aromatic heterocycles. The standard InChI is InChI=1S/C25H25FN2O4.C2HF3O2/c1-27-22(29)19-20(23(27)30)25(24(31)32-2)13-3-4-14-28(25)21(19)17-7-5-15(6-8-17)16-9-11-18(26)12-10-16;3-2(4,5)1(6)7/h5-12,19-21H,3-4,13-14H2,1-2H3;(H,6,7)/t19-,20-,21+,25-;/m0./s1. The summed E-state index contributed by atoms with van der Waals surface area (Å²) in [5.74, 6) is -5.40. The summed E-state index contributed by atoms with van der Waals surface area (Å²) in [7, 11) is 2.84. The van der Waals surface area contributed by atoms with E-state index in [1.807, 2.05) is 29.2 Å². The average Bonchev–Trinajstić information content (AvgIpc) is 3.34. The van der Waals surface area contributed by atoms with E-state index in [0.717, 1.165) is 29.5 Å². The topological polar surface area (TPSA) is 104 Å². The van der Waals surface area contributed by atoms with Crippen LogP contribution in [0.15, 0.2) is 48.5 Å². The van der Waals surface area contributed by atoms with Crippen molar-refractivity contribution >= 4 is 23.8 Å². The molecule has 3 heterocycles. The number of carbonyl (C=O) groups excluding carboxylic acids is 3. The molecule has 2 aromatic carbocycles. The predicted octanol–water partition coefficient (Wildman–Crippen LogP) is 3.81. The van der Waals surface area contributed by atoms with Gasteiger partial charge in [-0.05, 0) is 54.6 Å². The van der Waals surface area contributed by atoms with E-state index in [-0.39, 0.29) is 23.7 Å². The molecule has 39 heavy (non-hydrogen) atoms. The third-order valence-corrected chi connectivity index (χ3v) is 7.69. The zero-order chi connectivity index (χ0) is 28.7. The number of amides is 2. The molecule has 0 radical (unpaired) electrons. The van der Waals surface area contributed by atoms with Crippen molar-refractivity contribution in [1.82, 2.24) is 9.80 Å². The maximum absolute atomic E-state index is 13.3. The minimum absolute atomic E-state index is 0.245. The van der Waals surface area contributed by atoms with Gasteiger partial charge in [0.25, 0.3) is 0 Å². The van der Waals surface area contributed by atoms with E-state index >= 15 is 0 Å². The molecule has 0 bridgehead atoms. The Balaban J connectivity index is 0.000000448. The third kappa shape index (κ3) is 4.77. The van der Waals surface area contributed by atoms with Crippen molar-refractivity contribution < 1.29 is 46.6 Å². The van der Waals surface area contributed by atoms with Crippen LogP contribution in [0.2, 0.25) is 0 Å². The second-order valence-corrected chi connectivity index (χ2v) is 9.68. The summed E-state index contributed by atoms with van der Waals surface area (Å²) in [4.78, 5) is 51.6. The Kier molecular flexibility index (Phi) is 7.53. The lowest BCUT2D eigenvalue weighted by molar-refractivity contribution is -0.192.